The van der Waals surface area contributed by atoms with Gasteiger partial charge in [-0.1, -0.05) is 37.3 Å². The summed E-state index contributed by atoms with van der Waals surface area (Å²) >= 11 is 0. The molecule has 5 nitrogen and oxygen atoms in total. The Balaban J connectivity index is 1.61. The predicted octanol–water partition coefficient (Wildman–Crippen LogP) is 2.21. The molecule has 0 spiro atoms. The third-order valence-electron chi connectivity index (χ3n) is 5.02. The summed E-state index contributed by atoms with van der Waals surface area (Å²) in [6, 6.07) is 11.0. The number of rotatable bonds is 7. The first-order valence-electron chi connectivity index (χ1n) is 9.34. The maximum absolute atomic E-state index is 9.70. The molecule has 0 amide bonds. The zero-order valence-electron chi connectivity index (χ0n) is 15.4. The van der Waals surface area contributed by atoms with E-state index in [0.29, 0.717) is 6.04 Å². The van der Waals surface area contributed by atoms with Crippen molar-refractivity contribution in [3.05, 3.63) is 54.1 Å². The number of benzene rings is 1. The number of piperazine rings is 1. The monoisotopic (exact) mass is 342 g/mol. The Morgan fingerprint density at radius 1 is 1.20 bits per heavy atom. The van der Waals surface area contributed by atoms with Crippen molar-refractivity contribution >= 4 is 0 Å². The molecule has 3 rings (SSSR count). The minimum atomic E-state index is -0.259. The Morgan fingerprint density at radius 3 is 2.72 bits per heavy atom. The van der Waals surface area contributed by atoms with Crippen molar-refractivity contribution in [2.24, 2.45) is 0 Å². The van der Waals surface area contributed by atoms with Crippen LogP contribution < -0.4 is 0 Å². The molecule has 2 atom stereocenters. The molecule has 2 aromatic rings. The largest absolute Gasteiger partial charge is 0.392 e. The minimum absolute atomic E-state index is 0.259. The lowest BCUT2D eigenvalue weighted by Gasteiger charge is -2.41. The van der Waals surface area contributed by atoms with Crippen molar-refractivity contribution in [2.75, 3.05) is 26.2 Å². The van der Waals surface area contributed by atoms with Crippen LogP contribution in [-0.4, -0.2) is 62.8 Å². The quantitative estimate of drug-likeness (QED) is 0.838. The van der Waals surface area contributed by atoms with Gasteiger partial charge in [-0.25, -0.2) is 4.98 Å². The highest BCUT2D eigenvalue weighted by Gasteiger charge is 2.27. The molecule has 1 aromatic heterocycles. The average Bonchev–Trinajstić information content (AvgIpc) is 3.03. The highest BCUT2D eigenvalue weighted by Crippen LogP contribution is 2.16. The number of imidazole rings is 1. The Morgan fingerprint density at radius 2 is 2.00 bits per heavy atom. The van der Waals surface area contributed by atoms with Crippen molar-refractivity contribution < 1.29 is 5.11 Å². The summed E-state index contributed by atoms with van der Waals surface area (Å²) in [5, 5.41) is 9.70. The molecular formula is C20H30N4O. The maximum Gasteiger partial charge on any atom is 0.123 e. The molecule has 1 aliphatic rings. The molecular weight excluding hydrogens is 312 g/mol. The fourth-order valence-corrected chi connectivity index (χ4v) is 3.68. The molecule has 0 saturated carbocycles. The second-order valence-electron chi connectivity index (χ2n) is 7.10. The van der Waals surface area contributed by atoms with Gasteiger partial charge in [0.05, 0.1) is 12.6 Å². The number of hydrogen-bond acceptors (Lipinski definition) is 4. The van der Waals surface area contributed by atoms with Crippen LogP contribution in [0.2, 0.25) is 0 Å². The lowest BCUT2D eigenvalue weighted by molar-refractivity contribution is 0.0325. The number of aliphatic hydroxyl groups excluding tert-OH is 1. The van der Waals surface area contributed by atoms with E-state index in [9.17, 15) is 5.11 Å². The van der Waals surface area contributed by atoms with Crippen LogP contribution in [0.3, 0.4) is 0 Å². The first kappa shape index (κ1) is 18.1. The summed E-state index contributed by atoms with van der Waals surface area (Å²) < 4.78 is 2.25. The predicted molar refractivity (Wildman–Crippen MR) is 100 cm³/mol. The van der Waals surface area contributed by atoms with E-state index in [1.165, 1.54) is 5.56 Å². The minimum Gasteiger partial charge on any atom is -0.392 e. The molecule has 2 heterocycles. The average molecular weight is 342 g/mol. The molecule has 0 aliphatic carbocycles. The summed E-state index contributed by atoms with van der Waals surface area (Å²) in [5.74, 6) is 1.13. The third-order valence-corrected chi connectivity index (χ3v) is 5.02. The molecule has 1 N–H and O–H groups in total. The van der Waals surface area contributed by atoms with E-state index in [2.05, 4.69) is 62.8 Å². The van der Waals surface area contributed by atoms with Gasteiger partial charge in [-0.3, -0.25) is 9.80 Å². The zero-order valence-corrected chi connectivity index (χ0v) is 15.4. The highest BCUT2D eigenvalue weighted by molar-refractivity contribution is 5.15. The van der Waals surface area contributed by atoms with Crippen LogP contribution in [0.5, 0.6) is 0 Å². The first-order valence-corrected chi connectivity index (χ1v) is 9.34. The summed E-state index contributed by atoms with van der Waals surface area (Å²) in [4.78, 5) is 9.52. The van der Waals surface area contributed by atoms with Crippen molar-refractivity contribution in [2.45, 2.75) is 45.5 Å². The maximum atomic E-state index is 9.70. The lowest BCUT2D eigenvalue weighted by atomic mass is 10.1. The summed E-state index contributed by atoms with van der Waals surface area (Å²) in [6.45, 7) is 9.73. The van der Waals surface area contributed by atoms with E-state index in [4.69, 9.17) is 0 Å². The molecule has 25 heavy (non-hydrogen) atoms. The first-order chi connectivity index (χ1) is 12.2. The van der Waals surface area contributed by atoms with E-state index < -0.39 is 0 Å². The van der Waals surface area contributed by atoms with Gasteiger partial charge in [0.1, 0.15) is 5.82 Å². The van der Waals surface area contributed by atoms with E-state index in [1.807, 2.05) is 13.1 Å². The molecule has 0 radical (unpaired) electrons. The fraction of sp³-hybridized carbons (Fsp3) is 0.550. The van der Waals surface area contributed by atoms with Crippen molar-refractivity contribution in [1.82, 2.24) is 19.4 Å². The van der Waals surface area contributed by atoms with E-state index in [-0.39, 0.29) is 6.10 Å². The molecule has 0 bridgehead atoms. The van der Waals surface area contributed by atoms with Gasteiger partial charge in [-0.05, 0) is 18.9 Å². The van der Waals surface area contributed by atoms with Gasteiger partial charge >= 0.3 is 0 Å². The van der Waals surface area contributed by atoms with Crippen LogP contribution in [-0.2, 0) is 13.1 Å². The highest BCUT2D eigenvalue weighted by atomic mass is 16.3. The summed E-state index contributed by atoms with van der Waals surface area (Å²) in [6.07, 6.45) is 4.83. The fourth-order valence-electron chi connectivity index (χ4n) is 3.68. The van der Waals surface area contributed by atoms with Gasteiger partial charge in [0, 0.05) is 51.2 Å². The SMILES string of the molecule is CCC1CN(Cc2nccn2Cc2ccccc2)CCN1CC(C)O. The Labute approximate surface area is 150 Å². The van der Waals surface area contributed by atoms with Gasteiger partial charge in [0.2, 0.25) is 0 Å². The molecule has 136 valence electrons. The third kappa shape index (κ3) is 4.91. The van der Waals surface area contributed by atoms with Gasteiger partial charge in [0.15, 0.2) is 0 Å². The second kappa shape index (κ2) is 8.61. The number of aromatic nitrogens is 2. The molecule has 1 aliphatic heterocycles. The molecule has 1 fully saturated rings. The number of hydrogen-bond donors (Lipinski definition) is 1. The molecule has 1 aromatic carbocycles. The van der Waals surface area contributed by atoms with Gasteiger partial charge in [-0.2, -0.15) is 0 Å². The number of aliphatic hydroxyl groups is 1. The Hall–Kier alpha value is -1.69. The van der Waals surface area contributed by atoms with E-state index >= 15 is 0 Å². The van der Waals surface area contributed by atoms with E-state index in [0.717, 1.165) is 51.5 Å². The van der Waals surface area contributed by atoms with Gasteiger partial charge in [-0.15, -0.1) is 0 Å². The van der Waals surface area contributed by atoms with Crippen LogP contribution in [0.25, 0.3) is 0 Å². The van der Waals surface area contributed by atoms with Crippen molar-refractivity contribution in [1.29, 1.82) is 0 Å². The van der Waals surface area contributed by atoms with Crippen LogP contribution in [0.15, 0.2) is 42.7 Å². The van der Waals surface area contributed by atoms with Crippen molar-refractivity contribution in [3.63, 3.8) is 0 Å². The zero-order chi connectivity index (χ0) is 17.6. The topological polar surface area (TPSA) is 44.5 Å². The number of β-amino-alcohol motifs (C(OH)–C–C–N with tert-alkyl or cyclic N) is 1. The Bertz CT molecular complexity index is 640. The molecule has 1 saturated heterocycles. The molecule has 5 heteroatoms. The summed E-state index contributed by atoms with van der Waals surface area (Å²) in [7, 11) is 0. The van der Waals surface area contributed by atoms with Crippen LogP contribution >= 0.6 is 0 Å². The Kier molecular flexibility index (Phi) is 6.24. The van der Waals surface area contributed by atoms with Crippen LogP contribution in [0, 0.1) is 0 Å². The normalized spacial score (nSPS) is 20.7. The van der Waals surface area contributed by atoms with Gasteiger partial charge < -0.3 is 9.67 Å². The van der Waals surface area contributed by atoms with Gasteiger partial charge in [0.25, 0.3) is 0 Å². The molecule has 2 unspecified atom stereocenters. The summed E-state index contributed by atoms with van der Waals surface area (Å²) in [5.41, 5.74) is 1.30. The smallest absolute Gasteiger partial charge is 0.123 e. The van der Waals surface area contributed by atoms with Crippen LogP contribution in [0.4, 0.5) is 0 Å². The number of nitrogens with zero attached hydrogens (tertiary/aromatic N) is 4. The standard InChI is InChI=1S/C20H30N4O/c1-3-19-15-22(11-12-23(19)13-17(2)25)16-20-21-9-10-24(20)14-18-7-5-4-6-8-18/h4-10,17,19,25H,3,11-16H2,1-2H3. The van der Waals surface area contributed by atoms with Crippen molar-refractivity contribution in [3.8, 4) is 0 Å². The van der Waals surface area contributed by atoms with E-state index in [1.54, 1.807) is 0 Å². The lowest BCUT2D eigenvalue weighted by Crippen LogP contribution is -2.54. The van der Waals surface area contributed by atoms with Crippen LogP contribution in [0.1, 0.15) is 31.7 Å². The second-order valence-corrected chi connectivity index (χ2v) is 7.10.